The second-order valence-electron chi connectivity index (χ2n) is 2.74. The third-order valence-electron chi connectivity index (χ3n) is 1.62. The molecule has 0 bridgehead atoms. The molecule has 0 spiro atoms. The second-order valence-corrected chi connectivity index (χ2v) is 2.74. The molecule has 0 radical (unpaired) electrons. The van der Waals surface area contributed by atoms with Gasteiger partial charge in [0, 0.05) is 19.0 Å². The number of nitrogens with zero attached hydrogens (tertiary/aromatic N) is 1. The summed E-state index contributed by atoms with van der Waals surface area (Å²) in [6, 6.07) is 2.63. The third kappa shape index (κ3) is 3.65. The highest BCUT2D eigenvalue weighted by Gasteiger charge is 2.04. The molecule has 5 nitrogen and oxygen atoms in total. The Kier molecular flexibility index (Phi) is 4.10. The monoisotopic (exact) mass is 205 g/mol. The number of carbonyl (C=O) groups excluding carboxylic acids is 1. The fourth-order valence-electron chi connectivity index (χ4n) is 0.925. The van der Waals surface area contributed by atoms with Gasteiger partial charge in [0.05, 0.1) is 0 Å². The molecule has 0 aliphatic carbocycles. The van der Waals surface area contributed by atoms with Crippen molar-refractivity contribution in [1.29, 1.82) is 0 Å². The van der Waals surface area contributed by atoms with E-state index in [9.17, 15) is 9.59 Å². The molecule has 0 aliphatic heterocycles. The Balaban J connectivity index is 2.49. The van der Waals surface area contributed by atoms with E-state index in [0.29, 0.717) is 13.0 Å². The number of aromatic amines is 1. The van der Waals surface area contributed by atoms with Crippen molar-refractivity contribution in [2.45, 2.75) is 13.3 Å². The normalized spacial score (nSPS) is 8.87. The van der Waals surface area contributed by atoms with Gasteiger partial charge in [-0.2, -0.15) is 5.10 Å². The maximum atomic E-state index is 11.4. The highest BCUT2D eigenvalue weighted by molar-refractivity contribution is 5.91. The Morgan fingerprint density at radius 3 is 3.00 bits per heavy atom. The number of nitrogens with one attached hydrogen (secondary N) is 2. The van der Waals surface area contributed by atoms with Crippen LogP contribution < -0.4 is 10.9 Å². The standard InChI is InChI=1S/C10H11N3O2/c1-2-3-4-7-11-10(15)8-5-6-9(14)13-12-8/h5-6H,4,7H2,1H3,(H,11,15)(H,13,14). The fraction of sp³-hybridized carbons (Fsp3) is 0.300. The molecule has 1 heterocycles. The minimum atomic E-state index is -0.330. The Morgan fingerprint density at radius 1 is 1.60 bits per heavy atom. The first kappa shape index (κ1) is 11.0. The van der Waals surface area contributed by atoms with Crippen LogP contribution in [0.3, 0.4) is 0 Å². The average molecular weight is 205 g/mol. The summed E-state index contributed by atoms with van der Waals surface area (Å²) < 4.78 is 0. The van der Waals surface area contributed by atoms with Crippen LogP contribution in [0.15, 0.2) is 16.9 Å². The van der Waals surface area contributed by atoms with Crippen molar-refractivity contribution in [2.75, 3.05) is 6.54 Å². The highest BCUT2D eigenvalue weighted by Crippen LogP contribution is 1.87. The summed E-state index contributed by atoms with van der Waals surface area (Å²) in [4.78, 5) is 22.1. The molecule has 1 rings (SSSR count). The first-order chi connectivity index (χ1) is 7.24. The molecule has 0 aromatic carbocycles. The molecule has 2 N–H and O–H groups in total. The van der Waals surface area contributed by atoms with Crippen molar-refractivity contribution in [3.05, 3.63) is 28.2 Å². The summed E-state index contributed by atoms with van der Waals surface area (Å²) in [5, 5.41) is 8.41. The third-order valence-corrected chi connectivity index (χ3v) is 1.62. The van der Waals surface area contributed by atoms with Crippen molar-refractivity contribution in [1.82, 2.24) is 15.5 Å². The lowest BCUT2D eigenvalue weighted by molar-refractivity contribution is 0.0948. The summed E-state index contributed by atoms with van der Waals surface area (Å²) in [5.41, 5.74) is -0.137. The molecular weight excluding hydrogens is 194 g/mol. The number of aromatic nitrogens is 2. The lowest BCUT2D eigenvalue weighted by Gasteiger charge is -2.00. The average Bonchev–Trinajstić information content (AvgIpc) is 2.25. The minimum absolute atomic E-state index is 0.194. The molecule has 0 unspecified atom stereocenters. The molecule has 5 heteroatoms. The number of amides is 1. The van der Waals surface area contributed by atoms with Gasteiger partial charge in [-0.05, 0) is 13.0 Å². The molecule has 0 aliphatic rings. The second kappa shape index (κ2) is 5.60. The maximum Gasteiger partial charge on any atom is 0.271 e. The van der Waals surface area contributed by atoms with E-state index in [0.717, 1.165) is 0 Å². The van der Waals surface area contributed by atoms with Crippen LogP contribution in [-0.4, -0.2) is 22.6 Å². The van der Waals surface area contributed by atoms with E-state index in [-0.39, 0.29) is 17.2 Å². The van der Waals surface area contributed by atoms with E-state index in [4.69, 9.17) is 0 Å². The van der Waals surface area contributed by atoms with Gasteiger partial charge in [0.15, 0.2) is 0 Å². The number of hydrogen-bond acceptors (Lipinski definition) is 3. The van der Waals surface area contributed by atoms with Crippen LogP contribution in [-0.2, 0) is 0 Å². The number of rotatable bonds is 3. The van der Waals surface area contributed by atoms with Crippen molar-refractivity contribution in [3.63, 3.8) is 0 Å². The highest BCUT2D eigenvalue weighted by atomic mass is 16.2. The Hall–Kier alpha value is -2.09. The van der Waals surface area contributed by atoms with Crippen molar-refractivity contribution in [3.8, 4) is 11.8 Å². The largest absolute Gasteiger partial charge is 0.350 e. The predicted molar refractivity (Wildman–Crippen MR) is 55.3 cm³/mol. The number of hydrogen-bond donors (Lipinski definition) is 2. The molecule has 0 atom stereocenters. The van der Waals surface area contributed by atoms with Crippen LogP contribution in [0.2, 0.25) is 0 Å². The Morgan fingerprint density at radius 2 is 2.40 bits per heavy atom. The van der Waals surface area contributed by atoms with Crippen LogP contribution >= 0.6 is 0 Å². The zero-order chi connectivity index (χ0) is 11.1. The van der Waals surface area contributed by atoms with Crippen molar-refractivity contribution in [2.24, 2.45) is 0 Å². The summed E-state index contributed by atoms with van der Waals surface area (Å²) >= 11 is 0. The Bertz CT molecular complexity index is 433. The number of H-pyrrole nitrogens is 1. The summed E-state index contributed by atoms with van der Waals surface area (Å²) in [6.45, 7) is 2.21. The van der Waals surface area contributed by atoms with Crippen molar-refractivity contribution < 1.29 is 4.79 Å². The SMILES string of the molecule is CC#CCCNC(=O)c1ccc(=O)[nH]n1. The van der Waals surface area contributed by atoms with E-state index < -0.39 is 0 Å². The van der Waals surface area contributed by atoms with E-state index in [1.54, 1.807) is 6.92 Å². The summed E-state index contributed by atoms with van der Waals surface area (Å²) in [5.74, 6) is 5.23. The first-order valence-electron chi connectivity index (χ1n) is 4.47. The predicted octanol–water partition coefficient (Wildman–Crippen LogP) is -0.0869. The molecule has 1 aromatic heterocycles. The smallest absolute Gasteiger partial charge is 0.271 e. The lowest BCUT2D eigenvalue weighted by Crippen LogP contribution is -2.26. The van der Waals surface area contributed by atoms with Gasteiger partial charge in [-0.15, -0.1) is 11.8 Å². The summed E-state index contributed by atoms with van der Waals surface area (Å²) in [7, 11) is 0. The van der Waals surface area contributed by atoms with Gasteiger partial charge in [0.25, 0.3) is 11.5 Å². The van der Waals surface area contributed by atoms with E-state index in [2.05, 4.69) is 27.4 Å². The molecule has 1 amide bonds. The minimum Gasteiger partial charge on any atom is -0.350 e. The van der Waals surface area contributed by atoms with Crippen LogP contribution in [0.25, 0.3) is 0 Å². The van der Waals surface area contributed by atoms with Gasteiger partial charge in [-0.3, -0.25) is 9.59 Å². The molecule has 15 heavy (non-hydrogen) atoms. The van der Waals surface area contributed by atoms with Crippen LogP contribution in [0.5, 0.6) is 0 Å². The molecule has 0 saturated heterocycles. The van der Waals surface area contributed by atoms with Gasteiger partial charge in [0.2, 0.25) is 0 Å². The van der Waals surface area contributed by atoms with Crippen LogP contribution in [0.4, 0.5) is 0 Å². The van der Waals surface area contributed by atoms with Gasteiger partial charge in [0.1, 0.15) is 5.69 Å². The van der Waals surface area contributed by atoms with Crippen LogP contribution in [0.1, 0.15) is 23.8 Å². The zero-order valence-corrected chi connectivity index (χ0v) is 8.33. The molecular formula is C10H11N3O2. The number of carbonyl (C=O) groups is 1. The Labute approximate surface area is 86.9 Å². The van der Waals surface area contributed by atoms with Gasteiger partial charge in [-0.1, -0.05) is 0 Å². The molecule has 78 valence electrons. The zero-order valence-electron chi connectivity index (χ0n) is 8.33. The fourth-order valence-corrected chi connectivity index (χ4v) is 0.925. The van der Waals surface area contributed by atoms with E-state index >= 15 is 0 Å². The van der Waals surface area contributed by atoms with Gasteiger partial charge >= 0.3 is 0 Å². The van der Waals surface area contributed by atoms with Gasteiger partial charge < -0.3 is 5.32 Å². The molecule has 0 fully saturated rings. The quantitative estimate of drug-likeness (QED) is 0.535. The topological polar surface area (TPSA) is 74.8 Å². The molecule has 1 aromatic rings. The van der Waals surface area contributed by atoms with Gasteiger partial charge in [-0.25, -0.2) is 5.10 Å². The lowest BCUT2D eigenvalue weighted by atomic mass is 10.3. The van der Waals surface area contributed by atoms with Crippen molar-refractivity contribution >= 4 is 5.91 Å². The van der Waals surface area contributed by atoms with E-state index in [1.807, 2.05) is 0 Å². The summed E-state index contributed by atoms with van der Waals surface area (Å²) in [6.07, 6.45) is 0.603. The maximum absolute atomic E-state index is 11.4. The first-order valence-corrected chi connectivity index (χ1v) is 4.47. The molecule has 0 saturated carbocycles. The van der Waals surface area contributed by atoms with Crippen LogP contribution in [0, 0.1) is 11.8 Å². The van der Waals surface area contributed by atoms with E-state index in [1.165, 1.54) is 12.1 Å².